The van der Waals surface area contributed by atoms with Crippen molar-refractivity contribution < 1.29 is 9.53 Å². The average molecular weight is 314 g/mol. The summed E-state index contributed by atoms with van der Waals surface area (Å²) in [4.78, 5) is 36.7. The topological polar surface area (TPSA) is 88.2 Å². The first-order valence-electron chi connectivity index (χ1n) is 7.48. The molecular formula is C16H18N4O3. The molecule has 0 saturated carbocycles. The summed E-state index contributed by atoms with van der Waals surface area (Å²) >= 11 is 0. The number of carbonyl (C=O) groups is 1. The van der Waals surface area contributed by atoms with Crippen molar-refractivity contribution >= 4 is 5.91 Å². The van der Waals surface area contributed by atoms with E-state index in [0.717, 1.165) is 5.56 Å². The number of aromatic amines is 1. The van der Waals surface area contributed by atoms with Crippen LogP contribution in [0.2, 0.25) is 0 Å². The first-order valence-corrected chi connectivity index (χ1v) is 7.48. The molecule has 0 spiro atoms. The molecular weight excluding hydrogens is 296 g/mol. The lowest BCUT2D eigenvalue weighted by atomic mass is 10.1. The Morgan fingerprint density at radius 1 is 1.52 bits per heavy atom. The highest BCUT2D eigenvalue weighted by Gasteiger charge is 2.26. The van der Waals surface area contributed by atoms with Gasteiger partial charge in [0.15, 0.2) is 0 Å². The van der Waals surface area contributed by atoms with Gasteiger partial charge in [-0.2, -0.15) is 0 Å². The van der Waals surface area contributed by atoms with Crippen LogP contribution in [-0.4, -0.2) is 45.5 Å². The highest BCUT2D eigenvalue weighted by atomic mass is 16.5. The molecule has 1 saturated heterocycles. The van der Waals surface area contributed by atoms with Gasteiger partial charge >= 0.3 is 0 Å². The van der Waals surface area contributed by atoms with Crippen molar-refractivity contribution in [2.24, 2.45) is 0 Å². The summed E-state index contributed by atoms with van der Waals surface area (Å²) in [7, 11) is 0. The Hall–Kier alpha value is -2.54. The van der Waals surface area contributed by atoms with Gasteiger partial charge < -0.3 is 14.6 Å². The molecule has 120 valence electrons. The summed E-state index contributed by atoms with van der Waals surface area (Å²) < 4.78 is 5.68. The first kappa shape index (κ1) is 15.4. The maximum Gasteiger partial charge on any atom is 0.251 e. The lowest BCUT2D eigenvalue weighted by molar-refractivity contribution is -0.138. The lowest BCUT2D eigenvalue weighted by Crippen LogP contribution is -2.43. The van der Waals surface area contributed by atoms with Gasteiger partial charge in [-0.25, -0.2) is 4.98 Å². The number of hydrogen-bond acceptors (Lipinski definition) is 5. The fourth-order valence-electron chi connectivity index (χ4n) is 2.61. The largest absolute Gasteiger partial charge is 0.368 e. The minimum absolute atomic E-state index is 0.0212. The molecule has 1 N–H and O–H groups in total. The van der Waals surface area contributed by atoms with Crippen LogP contribution in [0, 0.1) is 6.92 Å². The number of hydrogen-bond donors (Lipinski definition) is 1. The van der Waals surface area contributed by atoms with E-state index < -0.39 is 0 Å². The number of aryl methyl sites for hydroxylation is 1. The zero-order chi connectivity index (χ0) is 16.2. The average Bonchev–Trinajstić information content (AvgIpc) is 2.55. The Bertz CT molecular complexity index is 744. The van der Waals surface area contributed by atoms with Crippen molar-refractivity contribution in [3.8, 4) is 0 Å². The Balaban J connectivity index is 1.70. The molecule has 23 heavy (non-hydrogen) atoms. The summed E-state index contributed by atoms with van der Waals surface area (Å²) in [5.74, 6) is 0.558. The molecule has 1 amide bonds. The third-order valence-electron chi connectivity index (χ3n) is 3.71. The number of nitrogens with one attached hydrogen (secondary N) is 1. The molecule has 1 fully saturated rings. The molecule has 1 aliphatic rings. The molecule has 3 rings (SSSR count). The lowest BCUT2D eigenvalue weighted by Gasteiger charge is -2.32. The minimum Gasteiger partial charge on any atom is -0.368 e. The van der Waals surface area contributed by atoms with Crippen LogP contribution in [0.4, 0.5) is 0 Å². The van der Waals surface area contributed by atoms with E-state index in [2.05, 4.69) is 15.0 Å². The van der Waals surface area contributed by atoms with Crippen LogP contribution >= 0.6 is 0 Å². The molecule has 0 aromatic carbocycles. The Morgan fingerprint density at radius 2 is 2.39 bits per heavy atom. The SMILES string of the molecule is Cc1nc([C@@H]2CN(C(=O)Cc3cccnc3)CCO2)cc(=O)[nH]1. The van der Waals surface area contributed by atoms with Gasteiger partial charge in [0, 0.05) is 25.0 Å². The second kappa shape index (κ2) is 6.70. The van der Waals surface area contributed by atoms with E-state index in [-0.39, 0.29) is 17.6 Å². The van der Waals surface area contributed by atoms with Crippen LogP contribution in [0.3, 0.4) is 0 Å². The van der Waals surface area contributed by atoms with E-state index in [1.807, 2.05) is 12.1 Å². The first-order chi connectivity index (χ1) is 11.1. The van der Waals surface area contributed by atoms with Crippen molar-refractivity contribution in [2.45, 2.75) is 19.4 Å². The van der Waals surface area contributed by atoms with Crippen LogP contribution in [0.15, 0.2) is 35.4 Å². The molecule has 0 radical (unpaired) electrons. The van der Waals surface area contributed by atoms with E-state index >= 15 is 0 Å². The number of nitrogens with zero attached hydrogens (tertiary/aromatic N) is 3. The van der Waals surface area contributed by atoms with Crippen molar-refractivity contribution in [3.05, 3.63) is 58.0 Å². The molecule has 0 bridgehead atoms. The number of ether oxygens (including phenoxy) is 1. The Morgan fingerprint density at radius 3 is 3.13 bits per heavy atom. The second-order valence-corrected chi connectivity index (χ2v) is 5.49. The highest BCUT2D eigenvalue weighted by Crippen LogP contribution is 2.20. The van der Waals surface area contributed by atoms with E-state index in [9.17, 15) is 9.59 Å². The quantitative estimate of drug-likeness (QED) is 0.897. The molecule has 7 nitrogen and oxygen atoms in total. The summed E-state index contributed by atoms with van der Waals surface area (Å²) in [6, 6.07) is 5.12. The molecule has 1 atom stereocenters. The Kier molecular flexibility index (Phi) is 4.47. The maximum absolute atomic E-state index is 12.4. The number of carbonyl (C=O) groups excluding carboxylic acids is 1. The van der Waals surface area contributed by atoms with Gasteiger partial charge in [-0.3, -0.25) is 14.6 Å². The van der Waals surface area contributed by atoms with Crippen LogP contribution in [-0.2, 0) is 16.0 Å². The van der Waals surface area contributed by atoms with E-state index in [4.69, 9.17) is 4.74 Å². The van der Waals surface area contributed by atoms with Crippen LogP contribution in [0.25, 0.3) is 0 Å². The standard InChI is InChI=1S/C16H18N4O3/c1-11-18-13(8-15(21)19-11)14-10-20(5-6-23-14)16(22)7-12-3-2-4-17-9-12/h2-4,8-9,14H,5-7,10H2,1H3,(H,18,19,21)/t14-/m0/s1. The second-order valence-electron chi connectivity index (χ2n) is 5.49. The fourth-order valence-corrected chi connectivity index (χ4v) is 2.61. The van der Waals surface area contributed by atoms with Gasteiger partial charge in [0.2, 0.25) is 5.91 Å². The van der Waals surface area contributed by atoms with Gasteiger partial charge in [-0.05, 0) is 18.6 Å². The van der Waals surface area contributed by atoms with Crippen molar-refractivity contribution in [2.75, 3.05) is 19.7 Å². The zero-order valence-electron chi connectivity index (χ0n) is 12.9. The predicted octanol–water partition coefficient (Wildman–Crippen LogP) is 0.616. The number of H-pyrrole nitrogens is 1. The van der Waals surface area contributed by atoms with Gasteiger partial charge in [0.1, 0.15) is 11.9 Å². The Labute approximate surface area is 133 Å². The molecule has 2 aromatic rings. The monoisotopic (exact) mass is 314 g/mol. The van der Waals surface area contributed by atoms with Crippen LogP contribution < -0.4 is 5.56 Å². The number of pyridine rings is 1. The number of aromatic nitrogens is 3. The predicted molar refractivity (Wildman–Crippen MR) is 82.8 cm³/mol. The minimum atomic E-state index is -0.373. The molecule has 0 unspecified atom stereocenters. The molecule has 1 aliphatic heterocycles. The third-order valence-corrected chi connectivity index (χ3v) is 3.71. The van der Waals surface area contributed by atoms with Crippen LogP contribution in [0.1, 0.15) is 23.2 Å². The normalized spacial score (nSPS) is 18.0. The highest BCUT2D eigenvalue weighted by molar-refractivity contribution is 5.78. The van der Waals surface area contributed by atoms with E-state index in [0.29, 0.717) is 37.6 Å². The van der Waals surface area contributed by atoms with E-state index in [1.54, 1.807) is 24.2 Å². The number of morpholine rings is 1. The third kappa shape index (κ3) is 3.81. The smallest absolute Gasteiger partial charge is 0.251 e. The summed E-state index contributed by atoms with van der Waals surface area (Å²) in [5, 5.41) is 0. The maximum atomic E-state index is 12.4. The van der Waals surface area contributed by atoms with Crippen molar-refractivity contribution in [1.82, 2.24) is 19.9 Å². The molecule has 3 heterocycles. The number of amides is 1. The summed E-state index contributed by atoms with van der Waals surface area (Å²) in [6.45, 7) is 3.09. The van der Waals surface area contributed by atoms with Gasteiger partial charge in [0.05, 0.1) is 25.3 Å². The van der Waals surface area contributed by atoms with Gasteiger partial charge in [0.25, 0.3) is 5.56 Å². The summed E-state index contributed by atoms with van der Waals surface area (Å²) in [5.41, 5.74) is 1.23. The molecule has 2 aromatic heterocycles. The van der Waals surface area contributed by atoms with Crippen molar-refractivity contribution in [1.29, 1.82) is 0 Å². The van der Waals surface area contributed by atoms with Gasteiger partial charge in [-0.15, -0.1) is 0 Å². The molecule has 0 aliphatic carbocycles. The number of rotatable bonds is 3. The molecule has 7 heteroatoms. The van der Waals surface area contributed by atoms with Crippen molar-refractivity contribution in [3.63, 3.8) is 0 Å². The summed E-state index contributed by atoms with van der Waals surface area (Å²) in [6.07, 6.45) is 3.31. The zero-order valence-corrected chi connectivity index (χ0v) is 12.9. The van der Waals surface area contributed by atoms with Crippen LogP contribution in [0.5, 0.6) is 0 Å². The van der Waals surface area contributed by atoms with Gasteiger partial charge in [-0.1, -0.05) is 6.07 Å². The fraction of sp³-hybridized carbons (Fsp3) is 0.375. The van der Waals surface area contributed by atoms with E-state index in [1.165, 1.54) is 6.07 Å².